The third kappa shape index (κ3) is 2.61. The number of nitrogens with one attached hydrogen (secondary N) is 1. The number of benzene rings is 1. The summed E-state index contributed by atoms with van der Waals surface area (Å²) < 4.78 is 25.9. The zero-order valence-electron chi connectivity index (χ0n) is 9.12. The fourth-order valence-electron chi connectivity index (χ4n) is 1.95. The van der Waals surface area contributed by atoms with E-state index in [-0.39, 0.29) is 12.6 Å². The molecule has 0 aromatic heterocycles. The summed E-state index contributed by atoms with van der Waals surface area (Å²) in [4.78, 5) is 10.8. The molecule has 0 aliphatic heterocycles. The highest BCUT2D eigenvalue weighted by molar-refractivity contribution is 5.72. The maximum absolute atomic E-state index is 13.3. The van der Waals surface area contributed by atoms with E-state index in [2.05, 4.69) is 5.32 Å². The van der Waals surface area contributed by atoms with Crippen molar-refractivity contribution >= 4 is 5.97 Å². The van der Waals surface area contributed by atoms with Crippen molar-refractivity contribution in [1.82, 2.24) is 5.32 Å². The average molecular weight is 241 g/mol. The lowest BCUT2D eigenvalue weighted by Gasteiger charge is -2.34. The van der Waals surface area contributed by atoms with Crippen molar-refractivity contribution in [2.45, 2.75) is 25.4 Å². The molecule has 5 heteroatoms. The van der Waals surface area contributed by atoms with E-state index in [0.29, 0.717) is 12.0 Å². The topological polar surface area (TPSA) is 49.3 Å². The van der Waals surface area contributed by atoms with Crippen LogP contribution in [0.25, 0.3) is 0 Å². The van der Waals surface area contributed by atoms with Crippen LogP contribution in [0.3, 0.4) is 0 Å². The Morgan fingerprint density at radius 1 is 1.41 bits per heavy atom. The van der Waals surface area contributed by atoms with Gasteiger partial charge in [-0.2, -0.15) is 0 Å². The van der Waals surface area contributed by atoms with Crippen molar-refractivity contribution in [3.05, 3.63) is 35.4 Å². The van der Waals surface area contributed by atoms with E-state index in [1.54, 1.807) is 0 Å². The summed E-state index contributed by atoms with van der Waals surface area (Å²) in [5.74, 6) is -2.44. The van der Waals surface area contributed by atoms with Gasteiger partial charge in [-0.3, -0.25) is 4.79 Å². The van der Waals surface area contributed by atoms with Crippen LogP contribution < -0.4 is 5.32 Å². The Labute approximate surface area is 97.5 Å². The highest BCUT2D eigenvalue weighted by Crippen LogP contribution is 2.27. The lowest BCUT2D eigenvalue weighted by Crippen LogP contribution is -2.47. The molecule has 92 valence electrons. The minimum absolute atomic E-state index is 0.114. The highest BCUT2D eigenvalue weighted by Gasteiger charge is 2.36. The van der Waals surface area contributed by atoms with Gasteiger partial charge in [-0.25, -0.2) is 8.78 Å². The van der Waals surface area contributed by atoms with Crippen molar-refractivity contribution in [1.29, 1.82) is 0 Å². The molecule has 0 spiro atoms. The molecule has 1 aromatic rings. The monoisotopic (exact) mass is 241 g/mol. The predicted molar refractivity (Wildman–Crippen MR) is 57.3 cm³/mol. The lowest BCUT2D eigenvalue weighted by molar-refractivity contribution is -0.146. The van der Waals surface area contributed by atoms with Gasteiger partial charge in [0.05, 0.1) is 5.92 Å². The first kappa shape index (κ1) is 12.0. The molecule has 3 nitrogen and oxygen atoms in total. The van der Waals surface area contributed by atoms with Gasteiger partial charge in [-0.1, -0.05) is 6.07 Å². The molecule has 0 bridgehead atoms. The van der Waals surface area contributed by atoms with Gasteiger partial charge in [0.2, 0.25) is 0 Å². The molecule has 1 aliphatic rings. The number of carboxylic acid groups (broad SMARTS) is 1. The standard InChI is InChI=1S/C12H13F2NO2/c13-8-2-1-7(10(14)5-8)6-15-11-4-3-9(11)12(16)17/h1-2,5,9,11,15H,3-4,6H2,(H,16,17). The van der Waals surface area contributed by atoms with E-state index < -0.39 is 23.5 Å². The summed E-state index contributed by atoms with van der Waals surface area (Å²) in [6, 6.07) is 3.27. The van der Waals surface area contributed by atoms with Crippen molar-refractivity contribution in [2.75, 3.05) is 0 Å². The van der Waals surface area contributed by atoms with Crippen LogP contribution in [-0.2, 0) is 11.3 Å². The second-order valence-corrected chi connectivity index (χ2v) is 4.25. The zero-order valence-corrected chi connectivity index (χ0v) is 9.12. The Balaban J connectivity index is 1.92. The molecule has 0 radical (unpaired) electrons. The number of halogens is 2. The highest BCUT2D eigenvalue weighted by atomic mass is 19.1. The van der Waals surface area contributed by atoms with Gasteiger partial charge >= 0.3 is 5.97 Å². The van der Waals surface area contributed by atoms with Crippen molar-refractivity contribution < 1.29 is 18.7 Å². The molecule has 1 fully saturated rings. The van der Waals surface area contributed by atoms with E-state index in [0.717, 1.165) is 12.5 Å². The predicted octanol–water partition coefficient (Wildman–Crippen LogP) is 1.92. The van der Waals surface area contributed by atoms with E-state index in [1.165, 1.54) is 12.1 Å². The summed E-state index contributed by atoms with van der Waals surface area (Å²) >= 11 is 0. The number of rotatable bonds is 4. The number of carbonyl (C=O) groups is 1. The Bertz CT molecular complexity index is 437. The molecule has 17 heavy (non-hydrogen) atoms. The molecule has 2 rings (SSSR count). The first-order valence-corrected chi connectivity index (χ1v) is 5.48. The molecule has 0 amide bonds. The molecule has 2 N–H and O–H groups in total. The summed E-state index contributed by atoms with van der Waals surface area (Å²) in [6.45, 7) is 0.223. The Morgan fingerprint density at radius 2 is 2.18 bits per heavy atom. The fraction of sp³-hybridized carbons (Fsp3) is 0.417. The van der Waals surface area contributed by atoms with E-state index in [9.17, 15) is 13.6 Å². The number of hydrogen-bond acceptors (Lipinski definition) is 2. The molecular weight excluding hydrogens is 228 g/mol. The van der Waals surface area contributed by atoms with Crippen LogP contribution in [0.5, 0.6) is 0 Å². The molecule has 1 aliphatic carbocycles. The summed E-state index contributed by atoms with van der Waals surface area (Å²) in [6.07, 6.45) is 1.43. The Morgan fingerprint density at radius 3 is 2.71 bits per heavy atom. The first-order valence-electron chi connectivity index (χ1n) is 5.48. The van der Waals surface area contributed by atoms with Gasteiger partial charge < -0.3 is 10.4 Å². The van der Waals surface area contributed by atoms with Crippen LogP contribution in [0.2, 0.25) is 0 Å². The van der Waals surface area contributed by atoms with Crippen LogP contribution in [0.1, 0.15) is 18.4 Å². The molecule has 0 heterocycles. The third-order valence-corrected chi connectivity index (χ3v) is 3.16. The Kier molecular flexibility index (Phi) is 3.38. The molecule has 1 saturated carbocycles. The molecule has 2 unspecified atom stereocenters. The van der Waals surface area contributed by atoms with Crippen molar-refractivity contribution in [3.8, 4) is 0 Å². The average Bonchev–Trinajstić information content (AvgIpc) is 2.18. The Hall–Kier alpha value is -1.49. The van der Waals surface area contributed by atoms with Gasteiger partial charge in [0, 0.05) is 24.2 Å². The molecule has 1 aromatic carbocycles. The summed E-state index contributed by atoms with van der Waals surface area (Å²) in [5.41, 5.74) is 0.349. The first-order chi connectivity index (χ1) is 8.08. The zero-order chi connectivity index (χ0) is 12.4. The quantitative estimate of drug-likeness (QED) is 0.846. The largest absolute Gasteiger partial charge is 0.481 e. The van der Waals surface area contributed by atoms with Crippen LogP contribution in [0.4, 0.5) is 8.78 Å². The maximum Gasteiger partial charge on any atom is 0.308 e. The number of carboxylic acids is 1. The minimum atomic E-state index is -0.826. The van der Waals surface area contributed by atoms with Gasteiger partial charge in [-0.05, 0) is 18.9 Å². The van der Waals surface area contributed by atoms with Crippen LogP contribution in [0, 0.1) is 17.6 Å². The summed E-state index contributed by atoms with van der Waals surface area (Å²) in [5, 5.41) is 11.8. The van der Waals surface area contributed by atoms with Gasteiger partial charge in [0.1, 0.15) is 11.6 Å². The molecule has 2 atom stereocenters. The van der Waals surface area contributed by atoms with Gasteiger partial charge in [0.15, 0.2) is 0 Å². The van der Waals surface area contributed by atoms with E-state index in [1.807, 2.05) is 0 Å². The van der Waals surface area contributed by atoms with E-state index in [4.69, 9.17) is 5.11 Å². The second-order valence-electron chi connectivity index (χ2n) is 4.25. The third-order valence-electron chi connectivity index (χ3n) is 3.16. The van der Waals surface area contributed by atoms with Crippen LogP contribution in [0.15, 0.2) is 18.2 Å². The van der Waals surface area contributed by atoms with E-state index >= 15 is 0 Å². The fourth-order valence-corrected chi connectivity index (χ4v) is 1.95. The normalized spacial score (nSPS) is 23.2. The smallest absolute Gasteiger partial charge is 0.308 e. The number of aliphatic carboxylic acids is 1. The maximum atomic E-state index is 13.3. The summed E-state index contributed by atoms with van der Waals surface area (Å²) in [7, 11) is 0. The SMILES string of the molecule is O=C(O)C1CCC1NCc1ccc(F)cc1F. The second kappa shape index (κ2) is 4.79. The lowest BCUT2D eigenvalue weighted by atomic mass is 9.79. The number of hydrogen-bond donors (Lipinski definition) is 2. The van der Waals surface area contributed by atoms with Crippen molar-refractivity contribution in [3.63, 3.8) is 0 Å². The van der Waals surface area contributed by atoms with Crippen LogP contribution in [-0.4, -0.2) is 17.1 Å². The van der Waals surface area contributed by atoms with Crippen LogP contribution >= 0.6 is 0 Å². The minimum Gasteiger partial charge on any atom is -0.481 e. The van der Waals surface area contributed by atoms with Crippen molar-refractivity contribution in [2.24, 2.45) is 5.92 Å². The molecule has 0 saturated heterocycles. The molecular formula is C12H13F2NO2. The van der Waals surface area contributed by atoms with Gasteiger partial charge in [-0.15, -0.1) is 0 Å². The van der Waals surface area contributed by atoms with Gasteiger partial charge in [0.25, 0.3) is 0 Å².